The van der Waals surface area contributed by atoms with E-state index in [-0.39, 0.29) is 38.8 Å². The number of carbonyl (C=O) groups excluding carboxylic acids is 6. The first-order valence-corrected chi connectivity index (χ1v) is 24.9. The van der Waals surface area contributed by atoms with Crippen molar-refractivity contribution in [3.8, 4) is 0 Å². The first-order chi connectivity index (χ1) is 34.1. The lowest BCUT2D eigenvalue weighted by Crippen LogP contribution is -2.38. The fourth-order valence-corrected chi connectivity index (χ4v) is 6.42. The highest BCUT2D eigenvalue weighted by atomic mass is 16.3. The van der Waals surface area contributed by atoms with Crippen LogP contribution in [0.4, 0.5) is 11.4 Å². The Hall–Kier alpha value is -5.06. The van der Waals surface area contributed by atoms with Crippen LogP contribution in [0.15, 0.2) is 0 Å². The van der Waals surface area contributed by atoms with E-state index in [2.05, 4.69) is 21.3 Å². The van der Waals surface area contributed by atoms with Gasteiger partial charge in [-0.2, -0.15) is 0 Å². The summed E-state index contributed by atoms with van der Waals surface area (Å²) in [5.41, 5.74) is 5.95. The minimum Gasteiger partial charge on any atom is -0.394 e. The number of hydrogen-bond acceptors (Lipinski definition) is 16. The number of likely N-dealkylation sites (N-methyl/N-ethyl adjacent to an activating group) is 2. The number of carbonyl (C=O) groups is 6. The van der Waals surface area contributed by atoms with Gasteiger partial charge >= 0.3 is 0 Å². The minimum atomic E-state index is -1.19. The van der Waals surface area contributed by atoms with Gasteiger partial charge in [0.2, 0.25) is 0 Å². The third-order valence-corrected chi connectivity index (χ3v) is 9.35. The van der Waals surface area contributed by atoms with Gasteiger partial charge in [-0.1, -0.05) is 83.1 Å². The summed E-state index contributed by atoms with van der Waals surface area (Å²) in [4.78, 5) is 75.2. The van der Waals surface area contributed by atoms with Crippen molar-refractivity contribution in [2.24, 2.45) is 0 Å². The second-order valence-corrected chi connectivity index (χ2v) is 13.8. The molecule has 0 aliphatic heterocycles. The summed E-state index contributed by atoms with van der Waals surface area (Å²) in [6, 6.07) is 0. The number of aldehydes is 2. The molecule has 422 valence electrons. The molecule has 4 amide bonds. The Labute approximate surface area is 432 Å². The predicted molar refractivity (Wildman–Crippen MR) is 292 cm³/mol. The molecule has 72 heavy (non-hydrogen) atoms. The first-order valence-electron chi connectivity index (χ1n) is 24.9. The molecular weight excluding hydrogens is 933 g/mol. The maximum atomic E-state index is 13.5. The van der Waals surface area contributed by atoms with Gasteiger partial charge in [0, 0.05) is 88.0 Å². The predicted octanol–water partition coefficient (Wildman–Crippen LogP) is 3.86. The molecule has 2 aromatic carbocycles. The van der Waals surface area contributed by atoms with E-state index in [1.807, 2.05) is 83.1 Å². The topological polar surface area (TPSA) is 319 Å². The van der Waals surface area contributed by atoms with E-state index in [1.54, 1.807) is 55.6 Å². The van der Waals surface area contributed by atoms with Gasteiger partial charge in [-0.3, -0.25) is 19.2 Å². The fraction of sp³-hybridized carbons (Fsp3) is 0.654. The van der Waals surface area contributed by atoms with E-state index in [9.17, 15) is 49.2 Å². The van der Waals surface area contributed by atoms with Gasteiger partial charge in [0.1, 0.15) is 12.2 Å². The van der Waals surface area contributed by atoms with Gasteiger partial charge in [0.25, 0.3) is 23.6 Å². The lowest BCUT2D eigenvalue weighted by atomic mass is 9.89. The molecule has 0 bridgehead atoms. The van der Waals surface area contributed by atoms with Crippen LogP contribution in [0.5, 0.6) is 0 Å². The zero-order valence-electron chi connectivity index (χ0n) is 48.0. The number of nitrogens with zero attached hydrogens (tertiary/aromatic N) is 2. The van der Waals surface area contributed by atoms with E-state index >= 15 is 0 Å². The number of aliphatic hydroxyl groups excluding tert-OH is 8. The Kier molecular flexibility index (Phi) is 55.7. The SMILES string of the molecule is CC.CC.CC.CC.CC.CC.CNc1c(C)c(C(=O)NCCNC(=O)c2c(C)c(NC)c(C)c(C(=O)N(C)CC(O)CO)c2C)c(C)c(C(=O)N(C)CC(O)CO)c1C.O=CC(O)CO.O=CC(O)CO. The Morgan fingerprint density at radius 2 is 0.681 bits per heavy atom. The van der Waals surface area contributed by atoms with Crippen LogP contribution in [0.1, 0.15) is 158 Å². The molecule has 20 heteroatoms. The third kappa shape index (κ3) is 27.7. The minimum absolute atomic E-state index is 0.0640. The van der Waals surface area contributed by atoms with Crippen molar-refractivity contribution in [3.63, 3.8) is 0 Å². The number of benzene rings is 2. The third-order valence-electron chi connectivity index (χ3n) is 9.35. The zero-order valence-corrected chi connectivity index (χ0v) is 48.0. The molecule has 0 aliphatic rings. The average Bonchev–Trinajstić information content (AvgIpc) is 3.40. The maximum absolute atomic E-state index is 13.5. The van der Waals surface area contributed by atoms with E-state index in [0.29, 0.717) is 67.0 Å². The van der Waals surface area contributed by atoms with Crippen molar-refractivity contribution in [3.05, 3.63) is 55.6 Å². The van der Waals surface area contributed by atoms with Gasteiger partial charge in [0.15, 0.2) is 12.6 Å². The van der Waals surface area contributed by atoms with Gasteiger partial charge in [-0.15, -0.1) is 0 Å². The van der Waals surface area contributed by atoms with Crippen molar-refractivity contribution < 1.29 is 69.6 Å². The van der Waals surface area contributed by atoms with Crippen LogP contribution in [-0.2, 0) is 9.59 Å². The smallest absolute Gasteiger partial charge is 0.254 e. The highest BCUT2D eigenvalue weighted by molar-refractivity contribution is 6.07. The Bertz CT molecular complexity index is 1670. The Balaban J connectivity index is -0.000000296. The first kappa shape index (κ1) is 81.0. The van der Waals surface area contributed by atoms with Crippen LogP contribution in [-0.4, -0.2) is 192 Å². The van der Waals surface area contributed by atoms with Gasteiger partial charge < -0.3 is 81.5 Å². The van der Waals surface area contributed by atoms with E-state index in [0.717, 1.165) is 0 Å². The highest BCUT2D eigenvalue weighted by Gasteiger charge is 2.29. The van der Waals surface area contributed by atoms with Gasteiger partial charge in [-0.05, 0) is 74.9 Å². The van der Waals surface area contributed by atoms with Crippen molar-refractivity contribution in [1.29, 1.82) is 0 Å². The molecule has 4 atom stereocenters. The number of nitrogens with one attached hydrogen (secondary N) is 4. The summed E-state index contributed by atoms with van der Waals surface area (Å²) in [6.07, 6.45) is -4.04. The Morgan fingerprint density at radius 1 is 0.444 bits per heavy atom. The van der Waals surface area contributed by atoms with Crippen molar-refractivity contribution >= 4 is 47.6 Å². The largest absolute Gasteiger partial charge is 0.394 e. The fourth-order valence-electron chi connectivity index (χ4n) is 6.42. The molecule has 12 N–H and O–H groups in total. The average molecular weight is 1030 g/mol. The summed E-state index contributed by atoms with van der Waals surface area (Å²) >= 11 is 0. The quantitative estimate of drug-likeness (QED) is 0.0702. The summed E-state index contributed by atoms with van der Waals surface area (Å²) in [5.74, 6) is -1.70. The molecule has 4 unspecified atom stereocenters. The standard InChI is InChI=1S/C34H52N6O8.2C3H6O3.6C2H6/c1-17-25(19(3)29(35-7)21(5)27(17)33(47)39(9)13-23(43)15-41)31(45)37-11-12-38-32(46)26-18(2)28(22(6)30(36-8)20(26)4)34(48)40(10)14-24(44)16-42;2*4-1-3(6)2-5;6*1-2/h23-24,35-36,41-44H,11-16H2,1-10H3,(H,37,45)(H,38,46);2*1,3,5-6H,2H2;6*1-2H3. The van der Waals surface area contributed by atoms with Crippen molar-refractivity contribution in [1.82, 2.24) is 20.4 Å². The van der Waals surface area contributed by atoms with Crippen LogP contribution < -0.4 is 21.3 Å². The van der Waals surface area contributed by atoms with Crippen LogP contribution in [0, 0.1) is 41.5 Å². The summed E-state index contributed by atoms with van der Waals surface area (Å²) in [7, 11) is 6.41. The summed E-state index contributed by atoms with van der Waals surface area (Å²) in [6.45, 7) is 32.5. The molecule has 0 aliphatic carbocycles. The Morgan fingerprint density at radius 3 is 0.861 bits per heavy atom. The van der Waals surface area contributed by atoms with Gasteiger partial charge in [-0.25, -0.2) is 0 Å². The van der Waals surface area contributed by atoms with Gasteiger partial charge in [0.05, 0.1) is 38.6 Å². The zero-order chi connectivity index (χ0) is 58.6. The van der Waals surface area contributed by atoms with Crippen LogP contribution in [0.3, 0.4) is 0 Å². The molecule has 0 heterocycles. The van der Waals surface area contributed by atoms with Crippen LogP contribution in [0.2, 0.25) is 0 Å². The molecule has 0 spiro atoms. The van der Waals surface area contributed by atoms with Crippen molar-refractivity contribution in [2.45, 2.75) is 149 Å². The molecule has 0 aromatic heterocycles. The molecule has 2 rings (SSSR count). The molecule has 2 aromatic rings. The van der Waals surface area contributed by atoms with Crippen LogP contribution >= 0.6 is 0 Å². The number of amides is 4. The molecular formula is C52H100N6O14. The molecule has 20 nitrogen and oxygen atoms in total. The number of rotatable bonds is 19. The second-order valence-electron chi connectivity index (χ2n) is 13.8. The maximum Gasteiger partial charge on any atom is 0.254 e. The van der Waals surface area contributed by atoms with E-state index in [4.69, 9.17) is 20.4 Å². The number of anilines is 2. The monoisotopic (exact) mass is 1030 g/mol. The number of hydrogen-bond donors (Lipinski definition) is 12. The van der Waals surface area contributed by atoms with Crippen molar-refractivity contribution in [2.75, 3.05) is 91.4 Å². The number of aliphatic hydroxyl groups is 8. The lowest BCUT2D eigenvalue weighted by Gasteiger charge is -2.26. The normalized spacial score (nSPS) is 10.9. The molecule has 0 fully saturated rings. The van der Waals surface area contributed by atoms with E-state index < -0.39 is 74.5 Å². The summed E-state index contributed by atoms with van der Waals surface area (Å²) < 4.78 is 0. The molecule has 0 radical (unpaired) electrons. The van der Waals surface area contributed by atoms with E-state index in [1.165, 1.54) is 23.9 Å². The molecule has 0 saturated heterocycles. The molecule has 0 saturated carbocycles. The highest BCUT2D eigenvalue weighted by Crippen LogP contribution is 2.33. The van der Waals surface area contributed by atoms with Crippen LogP contribution in [0.25, 0.3) is 0 Å². The lowest BCUT2D eigenvalue weighted by molar-refractivity contribution is -0.117. The summed E-state index contributed by atoms with van der Waals surface area (Å²) in [5, 5.41) is 81.8. The second kappa shape index (κ2) is 49.5.